The van der Waals surface area contributed by atoms with E-state index >= 15 is 0 Å². The van der Waals surface area contributed by atoms with Crippen molar-refractivity contribution in [1.29, 1.82) is 0 Å². The largest absolute Gasteiger partial charge is 0.573 e. The molecule has 1 heterocycles. The van der Waals surface area contributed by atoms with Gasteiger partial charge in [0.05, 0.1) is 5.69 Å². The molecule has 1 aromatic heterocycles. The van der Waals surface area contributed by atoms with Gasteiger partial charge in [0, 0.05) is 19.7 Å². The molecule has 0 fully saturated rings. The smallest absolute Gasteiger partial charge is 0.406 e. The van der Waals surface area contributed by atoms with Crippen LogP contribution in [0.5, 0.6) is 5.75 Å². The highest BCUT2D eigenvalue weighted by Gasteiger charge is 2.30. The minimum atomic E-state index is -4.72. The zero-order valence-electron chi connectivity index (χ0n) is 12.4. The van der Waals surface area contributed by atoms with Crippen LogP contribution in [-0.2, 0) is 13.6 Å². The molecule has 0 spiro atoms. The summed E-state index contributed by atoms with van der Waals surface area (Å²) in [6, 6.07) is 6.52. The van der Waals surface area contributed by atoms with Crippen LogP contribution in [0.1, 0.15) is 11.3 Å². The number of amides is 2. The SMILES string of the molecule is Cc1cc(NC(=O)NCc2ccc(OC(F)(F)F)cc2)n(C)n1. The van der Waals surface area contributed by atoms with Crippen LogP contribution in [0.4, 0.5) is 23.8 Å². The molecule has 2 amide bonds. The van der Waals surface area contributed by atoms with E-state index in [4.69, 9.17) is 0 Å². The zero-order valence-corrected chi connectivity index (χ0v) is 12.4. The van der Waals surface area contributed by atoms with E-state index in [2.05, 4.69) is 20.5 Å². The van der Waals surface area contributed by atoms with Gasteiger partial charge in [-0.2, -0.15) is 5.10 Å². The molecule has 2 aromatic rings. The summed E-state index contributed by atoms with van der Waals surface area (Å²) in [5.74, 6) is 0.227. The van der Waals surface area contributed by atoms with Gasteiger partial charge in [-0.25, -0.2) is 4.79 Å². The van der Waals surface area contributed by atoms with Crippen molar-refractivity contribution >= 4 is 11.8 Å². The molecule has 0 saturated carbocycles. The van der Waals surface area contributed by atoms with Crippen molar-refractivity contribution in [2.75, 3.05) is 5.32 Å². The van der Waals surface area contributed by atoms with Crippen LogP contribution in [0, 0.1) is 6.92 Å². The highest BCUT2D eigenvalue weighted by molar-refractivity contribution is 5.88. The lowest BCUT2D eigenvalue weighted by Crippen LogP contribution is -2.29. The first-order valence-corrected chi connectivity index (χ1v) is 6.63. The lowest BCUT2D eigenvalue weighted by molar-refractivity contribution is -0.274. The molecule has 0 radical (unpaired) electrons. The third-order valence-corrected chi connectivity index (χ3v) is 2.85. The maximum atomic E-state index is 12.0. The van der Waals surface area contributed by atoms with E-state index in [1.54, 1.807) is 20.0 Å². The fourth-order valence-electron chi connectivity index (χ4n) is 1.88. The first-order valence-electron chi connectivity index (χ1n) is 6.63. The summed E-state index contributed by atoms with van der Waals surface area (Å²) < 4.78 is 41.4. The van der Waals surface area contributed by atoms with Crippen LogP contribution in [0.25, 0.3) is 0 Å². The fraction of sp³-hybridized carbons (Fsp3) is 0.286. The number of rotatable bonds is 4. The van der Waals surface area contributed by atoms with Crippen molar-refractivity contribution < 1.29 is 22.7 Å². The van der Waals surface area contributed by atoms with Gasteiger partial charge < -0.3 is 10.1 Å². The summed E-state index contributed by atoms with van der Waals surface area (Å²) >= 11 is 0. The average molecular weight is 328 g/mol. The number of urea groups is 1. The summed E-state index contributed by atoms with van der Waals surface area (Å²) in [5.41, 5.74) is 1.40. The monoisotopic (exact) mass is 328 g/mol. The molecule has 0 bridgehead atoms. The number of carbonyl (C=O) groups excluding carboxylic acids is 1. The Kier molecular flexibility index (Phi) is 4.77. The molecule has 0 unspecified atom stereocenters. The molecule has 23 heavy (non-hydrogen) atoms. The van der Waals surface area contributed by atoms with Crippen LogP contribution in [-0.4, -0.2) is 22.2 Å². The topological polar surface area (TPSA) is 68.2 Å². The quantitative estimate of drug-likeness (QED) is 0.907. The number of nitrogens with zero attached hydrogens (tertiary/aromatic N) is 2. The van der Waals surface area contributed by atoms with Gasteiger partial charge in [0.15, 0.2) is 0 Å². The minimum absolute atomic E-state index is 0.162. The molecule has 124 valence electrons. The number of alkyl halides is 3. The number of carbonyl (C=O) groups is 1. The van der Waals surface area contributed by atoms with Crippen molar-refractivity contribution in [3.63, 3.8) is 0 Å². The number of hydrogen-bond acceptors (Lipinski definition) is 3. The van der Waals surface area contributed by atoms with Gasteiger partial charge in [-0.05, 0) is 24.6 Å². The third-order valence-electron chi connectivity index (χ3n) is 2.85. The fourth-order valence-corrected chi connectivity index (χ4v) is 1.88. The van der Waals surface area contributed by atoms with Gasteiger partial charge in [0.1, 0.15) is 11.6 Å². The number of nitrogens with one attached hydrogen (secondary N) is 2. The van der Waals surface area contributed by atoms with Gasteiger partial charge in [-0.3, -0.25) is 10.00 Å². The molecule has 1 aromatic carbocycles. The van der Waals surface area contributed by atoms with E-state index < -0.39 is 12.4 Å². The summed E-state index contributed by atoms with van der Waals surface area (Å²) in [6.07, 6.45) is -4.72. The summed E-state index contributed by atoms with van der Waals surface area (Å²) in [6.45, 7) is 1.96. The highest BCUT2D eigenvalue weighted by Crippen LogP contribution is 2.22. The molecular formula is C14H15F3N4O2. The number of aryl methyl sites for hydroxylation is 2. The van der Waals surface area contributed by atoms with E-state index in [0.717, 1.165) is 5.69 Å². The average Bonchev–Trinajstić information content (AvgIpc) is 2.74. The molecule has 2 N–H and O–H groups in total. The molecule has 6 nitrogen and oxygen atoms in total. The molecule has 0 aliphatic heterocycles. The standard InChI is InChI=1S/C14H15F3N4O2/c1-9-7-12(21(2)20-9)19-13(22)18-8-10-3-5-11(6-4-10)23-14(15,16)17/h3-7H,8H2,1-2H3,(H2,18,19,22). The third kappa shape index (κ3) is 5.20. The molecule has 2 rings (SSSR count). The lowest BCUT2D eigenvalue weighted by atomic mass is 10.2. The number of anilines is 1. The Labute approximate surface area is 130 Å². The van der Waals surface area contributed by atoms with Gasteiger partial charge in [0.2, 0.25) is 0 Å². The summed E-state index contributed by atoms with van der Waals surface area (Å²) in [5, 5.41) is 9.31. The van der Waals surface area contributed by atoms with E-state index in [0.29, 0.717) is 11.4 Å². The molecule has 9 heteroatoms. The van der Waals surface area contributed by atoms with Crippen molar-refractivity contribution in [3.05, 3.63) is 41.6 Å². The first kappa shape index (κ1) is 16.7. The van der Waals surface area contributed by atoms with Crippen molar-refractivity contribution in [2.24, 2.45) is 7.05 Å². The minimum Gasteiger partial charge on any atom is -0.406 e. The Morgan fingerprint density at radius 2 is 1.96 bits per heavy atom. The van der Waals surface area contributed by atoms with Gasteiger partial charge in [-0.15, -0.1) is 13.2 Å². The Bertz CT molecular complexity index is 680. The van der Waals surface area contributed by atoms with Crippen molar-refractivity contribution in [1.82, 2.24) is 15.1 Å². The number of ether oxygens (including phenoxy) is 1. The van der Waals surface area contributed by atoms with Crippen molar-refractivity contribution in [3.8, 4) is 5.75 Å². The zero-order chi connectivity index (χ0) is 17.0. The van der Waals surface area contributed by atoms with Gasteiger partial charge in [0.25, 0.3) is 0 Å². The van der Waals surface area contributed by atoms with E-state index in [9.17, 15) is 18.0 Å². The first-order chi connectivity index (χ1) is 10.7. The molecule has 0 saturated heterocycles. The van der Waals surface area contributed by atoms with E-state index in [1.807, 2.05) is 0 Å². The second-order valence-corrected chi connectivity index (χ2v) is 4.79. The number of halogens is 3. The maximum Gasteiger partial charge on any atom is 0.573 e. The second kappa shape index (κ2) is 6.59. The van der Waals surface area contributed by atoms with Crippen LogP contribution < -0.4 is 15.4 Å². The molecular weight excluding hydrogens is 313 g/mol. The van der Waals surface area contributed by atoms with Crippen LogP contribution >= 0.6 is 0 Å². The lowest BCUT2D eigenvalue weighted by Gasteiger charge is -2.10. The number of aromatic nitrogens is 2. The van der Waals surface area contributed by atoms with Crippen LogP contribution in [0.3, 0.4) is 0 Å². The molecule has 0 atom stereocenters. The predicted octanol–water partition coefficient (Wildman–Crippen LogP) is 2.95. The maximum absolute atomic E-state index is 12.0. The highest BCUT2D eigenvalue weighted by atomic mass is 19.4. The molecule has 0 aliphatic rings. The van der Waals surface area contributed by atoms with E-state index in [-0.39, 0.29) is 12.3 Å². The van der Waals surface area contributed by atoms with Gasteiger partial charge in [-0.1, -0.05) is 12.1 Å². The Hall–Kier alpha value is -2.71. The normalized spacial score (nSPS) is 11.2. The summed E-state index contributed by atoms with van der Waals surface area (Å²) in [7, 11) is 1.70. The number of hydrogen-bond donors (Lipinski definition) is 2. The second-order valence-electron chi connectivity index (χ2n) is 4.79. The predicted molar refractivity (Wildman–Crippen MR) is 76.9 cm³/mol. The Morgan fingerprint density at radius 1 is 1.30 bits per heavy atom. The Morgan fingerprint density at radius 3 is 2.48 bits per heavy atom. The summed E-state index contributed by atoms with van der Waals surface area (Å²) in [4.78, 5) is 11.8. The van der Waals surface area contributed by atoms with Crippen LogP contribution in [0.2, 0.25) is 0 Å². The number of benzene rings is 1. The van der Waals surface area contributed by atoms with Crippen molar-refractivity contribution in [2.45, 2.75) is 19.8 Å². The molecule has 0 aliphatic carbocycles. The van der Waals surface area contributed by atoms with Gasteiger partial charge >= 0.3 is 12.4 Å². The van der Waals surface area contributed by atoms with E-state index in [1.165, 1.54) is 28.9 Å². The Balaban J connectivity index is 1.85. The van der Waals surface area contributed by atoms with Crippen LogP contribution in [0.15, 0.2) is 30.3 Å².